The van der Waals surface area contributed by atoms with Gasteiger partial charge in [-0.25, -0.2) is 0 Å². The first kappa shape index (κ1) is 16.3. The maximum absolute atomic E-state index is 9.19. The zero-order valence-electron chi connectivity index (χ0n) is 15.3. The Morgan fingerprint density at radius 1 is 0.429 bits per heavy atom. The third-order valence-electron chi connectivity index (χ3n) is 5.30. The van der Waals surface area contributed by atoms with Crippen LogP contribution in [0.3, 0.4) is 0 Å². The van der Waals surface area contributed by atoms with E-state index in [1.165, 1.54) is 38.2 Å². The van der Waals surface area contributed by atoms with E-state index in [0.29, 0.717) is 5.56 Å². The summed E-state index contributed by atoms with van der Waals surface area (Å²) in [6, 6.07) is 37.9. The molecular weight excluding hydrogens is 338 g/mol. The zero-order chi connectivity index (χ0) is 18.9. The third kappa shape index (κ3) is 2.55. The van der Waals surface area contributed by atoms with Gasteiger partial charge in [-0.05, 0) is 55.9 Å². The summed E-state index contributed by atoms with van der Waals surface area (Å²) in [5.74, 6) is 0. The molecule has 0 aliphatic heterocycles. The van der Waals surface area contributed by atoms with Gasteiger partial charge in [0.15, 0.2) is 0 Å². The Balaban J connectivity index is 2.00. The molecule has 0 amide bonds. The van der Waals surface area contributed by atoms with Crippen LogP contribution in [0.25, 0.3) is 43.8 Å². The first-order chi connectivity index (χ1) is 13.9. The number of hydrogen-bond acceptors (Lipinski definition) is 1. The summed E-state index contributed by atoms with van der Waals surface area (Å²) in [6.07, 6.45) is 0. The lowest BCUT2D eigenvalue weighted by Crippen LogP contribution is -1.91. The van der Waals surface area contributed by atoms with Crippen LogP contribution < -0.4 is 0 Å². The van der Waals surface area contributed by atoms with Crippen molar-refractivity contribution < 1.29 is 0 Å². The van der Waals surface area contributed by atoms with Gasteiger partial charge in [-0.3, -0.25) is 0 Å². The molecular formula is C27H17N. The highest BCUT2D eigenvalue weighted by Gasteiger charge is 2.16. The van der Waals surface area contributed by atoms with Crippen LogP contribution in [0.15, 0.2) is 103 Å². The van der Waals surface area contributed by atoms with Crippen LogP contribution in [0, 0.1) is 11.3 Å². The van der Waals surface area contributed by atoms with Gasteiger partial charge in [0.05, 0.1) is 11.6 Å². The Kier molecular flexibility index (Phi) is 3.89. The van der Waals surface area contributed by atoms with E-state index in [9.17, 15) is 5.26 Å². The zero-order valence-corrected chi connectivity index (χ0v) is 15.3. The normalized spacial score (nSPS) is 10.8. The molecule has 0 aliphatic rings. The highest BCUT2D eigenvalue weighted by atomic mass is 14.2. The number of benzene rings is 5. The van der Waals surface area contributed by atoms with E-state index in [1.807, 2.05) is 18.2 Å². The molecule has 5 aromatic rings. The fourth-order valence-corrected chi connectivity index (χ4v) is 4.06. The van der Waals surface area contributed by atoms with Crippen molar-refractivity contribution in [1.29, 1.82) is 5.26 Å². The number of rotatable bonds is 2. The van der Waals surface area contributed by atoms with Crippen molar-refractivity contribution in [2.24, 2.45) is 0 Å². The van der Waals surface area contributed by atoms with Crippen LogP contribution in [-0.4, -0.2) is 0 Å². The number of nitrogens with zero attached hydrogens (tertiary/aromatic N) is 1. The third-order valence-corrected chi connectivity index (χ3v) is 5.30. The van der Waals surface area contributed by atoms with E-state index in [4.69, 9.17) is 0 Å². The van der Waals surface area contributed by atoms with E-state index in [2.05, 4.69) is 91.0 Å². The maximum atomic E-state index is 9.19. The van der Waals surface area contributed by atoms with E-state index >= 15 is 0 Å². The van der Waals surface area contributed by atoms with Gasteiger partial charge < -0.3 is 0 Å². The highest BCUT2D eigenvalue weighted by molar-refractivity contribution is 6.21. The summed E-state index contributed by atoms with van der Waals surface area (Å²) in [4.78, 5) is 0. The average Bonchev–Trinajstić information content (AvgIpc) is 2.79. The molecule has 0 unspecified atom stereocenters. The van der Waals surface area contributed by atoms with Crippen LogP contribution in [-0.2, 0) is 0 Å². The Bertz CT molecular complexity index is 1340. The predicted molar refractivity (Wildman–Crippen MR) is 117 cm³/mol. The molecule has 0 bridgehead atoms. The molecule has 0 saturated carbocycles. The number of fused-ring (bicyclic) bond motifs is 3. The minimum Gasteiger partial charge on any atom is -0.192 e. The van der Waals surface area contributed by atoms with Crippen molar-refractivity contribution in [2.75, 3.05) is 0 Å². The smallest absolute Gasteiger partial charge is 0.0991 e. The molecule has 0 aromatic heterocycles. The van der Waals surface area contributed by atoms with Crippen molar-refractivity contribution >= 4 is 21.5 Å². The van der Waals surface area contributed by atoms with Crippen molar-refractivity contribution in [3.8, 4) is 28.3 Å². The SMILES string of the molecule is N#Cc1ccc(-c2c(-c3ccccc3)c3ccccc3c3ccccc23)cc1. The summed E-state index contributed by atoms with van der Waals surface area (Å²) in [6.45, 7) is 0. The van der Waals surface area contributed by atoms with Crippen molar-refractivity contribution in [2.45, 2.75) is 0 Å². The standard InChI is InChI=1S/C27H17N/c28-18-19-14-16-21(17-15-19)27-25-13-7-5-11-23(25)22-10-4-6-12-24(22)26(27)20-8-2-1-3-9-20/h1-17H. The Labute approximate surface area is 164 Å². The van der Waals surface area contributed by atoms with Crippen LogP contribution in [0.4, 0.5) is 0 Å². The Morgan fingerprint density at radius 3 is 1.36 bits per heavy atom. The van der Waals surface area contributed by atoms with Gasteiger partial charge in [0, 0.05) is 0 Å². The van der Waals surface area contributed by atoms with Gasteiger partial charge in [0.2, 0.25) is 0 Å². The molecule has 130 valence electrons. The average molecular weight is 355 g/mol. The molecule has 28 heavy (non-hydrogen) atoms. The van der Waals surface area contributed by atoms with Gasteiger partial charge >= 0.3 is 0 Å². The molecule has 5 rings (SSSR count). The molecule has 0 radical (unpaired) electrons. The van der Waals surface area contributed by atoms with Gasteiger partial charge in [-0.2, -0.15) is 5.26 Å². The molecule has 0 N–H and O–H groups in total. The van der Waals surface area contributed by atoms with Gasteiger partial charge in [0.1, 0.15) is 0 Å². The van der Waals surface area contributed by atoms with Crippen LogP contribution in [0.5, 0.6) is 0 Å². The lowest BCUT2D eigenvalue weighted by molar-refractivity contribution is 1.48. The lowest BCUT2D eigenvalue weighted by Gasteiger charge is -2.18. The number of nitriles is 1. The van der Waals surface area contributed by atoms with E-state index < -0.39 is 0 Å². The van der Waals surface area contributed by atoms with Crippen LogP contribution >= 0.6 is 0 Å². The van der Waals surface area contributed by atoms with Gasteiger partial charge in [-0.15, -0.1) is 0 Å². The molecule has 1 heteroatoms. The van der Waals surface area contributed by atoms with Crippen molar-refractivity contribution in [1.82, 2.24) is 0 Å². The minimum atomic E-state index is 0.676. The predicted octanol–water partition coefficient (Wildman–Crippen LogP) is 7.20. The summed E-state index contributed by atoms with van der Waals surface area (Å²) in [5.41, 5.74) is 5.45. The molecule has 5 aromatic carbocycles. The van der Waals surface area contributed by atoms with E-state index in [0.717, 1.165) is 5.56 Å². The fraction of sp³-hybridized carbons (Fsp3) is 0. The monoisotopic (exact) mass is 355 g/mol. The van der Waals surface area contributed by atoms with Crippen LogP contribution in [0.1, 0.15) is 5.56 Å². The largest absolute Gasteiger partial charge is 0.192 e. The first-order valence-electron chi connectivity index (χ1n) is 9.36. The van der Waals surface area contributed by atoms with Crippen LogP contribution in [0.2, 0.25) is 0 Å². The number of hydrogen-bond donors (Lipinski definition) is 0. The van der Waals surface area contributed by atoms with E-state index in [1.54, 1.807) is 0 Å². The first-order valence-corrected chi connectivity index (χ1v) is 9.36. The molecule has 0 fully saturated rings. The summed E-state index contributed by atoms with van der Waals surface area (Å²) in [5, 5.41) is 14.2. The Morgan fingerprint density at radius 2 is 0.857 bits per heavy atom. The Hall–Kier alpha value is -3.89. The second-order valence-corrected chi connectivity index (χ2v) is 6.90. The summed E-state index contributed by atoms with van der Waals surface area (Å²) in [7, 11) is 0. The van der Waals surface area contributed by atoms with Crippen molar-refractivity contribution in [3.05, 3.63) is 109 Å². The molecule has 0 saturated heterocycles. The van der Waals surface area contributed by atoms with Gasteiger partial charge in [0.25, 0.3) is 0 Å². The molecule has 0 heterocycles. The topological polar surface area (TPSA) is 23.8 Å². The second kappa shape index (κ2) is 6.68. The molecule has 0 aliphatic carbocycles. The highest BCUT2D eigenvalue weighted by Crippen LogP contribution is 2.44. The quantitative estimate of drug-likeness (QED) is 0.307. The minimum absolute atomic E-state index is 0.676. The fourth-order valence-electron chi connectivity index (χ4n) is 4.06. The molecule has 1 nitrogen and oxygen atoms in total. The second-order valence-electron chi connectivity index (χ2n) is 6.90. The summed E-state index contributed by atoms with van der Waals surface area (Å²) < 4.78 is 0. The van der Waals surface area contributed by atoms with Crippen molar-refractivity contribution in [3.63, 3.8) is 0 Å². The van der Waals surface area contributed by atoms with Gasteiger partial charge in [-0.1, -0.05) is 91.0 Å². The molecule has 0 spiro atoms. The van der Waals surface area contributed by atoms with E-state index in [-0.39, 0.29) is 0 Å². The summed E-state index contributed by atoms with van der Waals surface area (Å²) >= 11 is 0. The maximum Gasteiger partial charge on any atom is 0.0991 e. The lowest BCUT2D eigenvalue weighted by atomic mass is 9.85. The molecule has 0 atom stereocenters.